The van der Waals surface area contributed by atoms with Crippen molar-refractivity contribution in [3.8, 4) is 0 Å². The van der Waals surface area contributed by atoms with Crippen LogP contribution in [0.1, 0.15) is 17.5 Å². The molecule has 0 atom stereocenters. The maximum atomic E-state index is 11.0. The molecule has 0 aromatic heterocycles. The topological polar surface area (TPSA) is 82.5 Å². The SMILES string of the molecule is N#[N+]c1cc2c(cc1S(=O)(=O)O)CCC2.[Cl-]. The van der Waals surface area contributed by atoms with Crippen LogP contribution in [-0.4, -0.2) is 13.0 Å². The molecular formula is C9H9ClN2O3S. The second-order valence-corrected chi connectivity index (χ2v) is 4.91. The van der Waals surface area contributed by atoms with Gasteiger partial charge in [0, 0.05) is 6.07 Å². The average Bonchev–Trinajstić information content (AvgIpc) is 2.60. The molecule has 1 aromatic carbocycles. The summed E-state index contributed by atoms with van der Waals surface area (Å²) >= 11 is 0. The van der Waals surface area contributed by atoms with Crippen LogP contribution in [0.3, 0.4) is 0 Å². The van der Waals surface area contributed by atoms with E-state index in [2.05, 4.69) is 4.98 Å². The first-order chi connectivity index (χ1) is 7.02. The minimum Gasteiger partial charge on any atom is -1.00 e. The summed E-state index contributed by atoms with van der Waals surface area (Å²) in [5, 5.41) is 8.66. The lowest BCUT2D eigenvalue weighted by Gasteiger charge is -1.98. The van der Waals surface area contributed by atoms with Crippen molar-refractivity contribution in [3.63, 3.8) is 0 Å². The van der Waals surface area contributed by atoms with Crippen molar-refractivity contribution in [2.75, 3.05) is 0 Å². The molecule has 2 rings (SSSR count). The van der Waals surface area contributed by atoms with Crippen molar-refractivity contribution < 1.29 is 25.4 Å². The highest BCUT2D eigenvalue weighted by atomic mass is 35.5. The average molecular weight is 261 g/mol. The molecule has 0 unspecified atom stereocenters. The summed E-state index contributed by atoms with van der Waals surface area (Å²) in [4.78, 5) is 2.55. The summed E-state index contributed by atoms with van der Waals surface area (Å²) in [6, 6.07) is 2.89. The molecular weight excluding hydrogens is 252 g/mol. The number of benzene rings is 1. The van der Waals surface area contributed by atoms with Gasteiger partial charge < -0.3 is 12.4 Å². The summed E-state index contributed by atoms with van der Waals surface area (Å²) in [7, 11) is -4.32. The van der Waals surface area contributed by atoms with Crippen molar-refractivity contribution in [1.82, 2.24) is 0 Å². The lowest BCUT2D eigenvalue weighted by Crippen LogP contribution is -3.00. The second-order valence-electron chi connectivity index (χ2n) is 3.52. The molecule has 7 heteroatoms. The number of rotatable bonds is 1. The van der Waals surface area contributed by atoms with Gasteiger partial charge >= 0.3 is 15.8 Å². The number of hydrogen-bond acceptors (Lipinski definition) is 3. The van der Waals surface area contributed by atoms with Gasteiger partial charge in [0.1, 0.15) is 0 Å². The van der Waals surface area contributed by atoms with Gasteiger partial charge in [-0.15, -0.1) is 0 Å². The number of hydrogen-bond donors (Lipinski definition) is 1. The highest BCUT2D eigenvalue weighted by Gasteiger charge is 2.28. The van der Waals surface area contributed by atoms with E-state index in [1.54, 1.807) is 0 Å². The molecule has 0 spiro atoms. The van der Waals surface area contributed by atoms with Crippen LogP contribution in [0.25, 0.3) is 4.98 Å². The lowest BCUT2D eigenvalue weighted by atomic mass is 10.1. The second kappa shape index (κ2) is 4.37. The lowest BCUT2D eigenvalue weighted by molar-refractivity contribution is -0.00000746. The van der Waals surface area contributed by atoms with Crippen LogP contribution in [0.4, 0.5) is 5.69 Å². The van der Waals surface area contributed by atoms with E-state index in [-0.39, 0.29) is 23.0 Å². The van der Waals surface area contributed by atoms with Gasteiger partial charge in [-0.1, -0.05) is 0 Å². The molecule has 0 amide bonds. The maximum Gasteiger partial charge on any atom is 0.406 e. The summed E-state index contributed by atoms with van der Waals surface area (Å²) in [6.07, 6.45) is 2.60. The van der Waals surface area contributed by atoms with Crippen LogP contribution in [-0.2, 0) is 23.0 Å². The molecule has 1 aliphatic carbocycles. The van der Waals surface area contributed by atoms with Gasteiger partial charge in [0.2, 0.25) is 5.39 Å². The van der Waals surface area contributed by atoms with Gasteiger partial charge in [-0.25, -0.2) is 0 Å². The first kappa shape index (κ1) is 12.9. The number of aryl methyl sites for hydroxylation is 2. The molecule has 0 bridgehead atoms. The van der Waals surface area contributed by atoms with Crippen LogP contribution < -0.4 is 12.4 Å². The zero-order chi connectivity index (χ0) is 11.1. The van der Waals surface area contributed by atoms with Crippen LogP contribution >= 0.6 is 0 Å². The summed E-state index contributed by atoms with van der Waals surface area (Å²) in [6.45, 7) is 0. The van der Waals surface area contributed by atoms with Crippen molar-refractivity contribution in [3.05, 3.63) is 28.2 Å². The number of fused-ring (bicyclic) bond motifs is 1. The summed E-state index contributed by atoms with van der Waals surface area (Å²) < 4.78 is 30.9. The number of nitrogens with zero attached hydrogens (tertiary/aromatic N) is 2. The Bertz CT molecular complexity index is 563. The largest absolute Gasteiger partial charge is 1.00 e. The Hall–Kier alpha value is -1.16. The molecule has 0 fully saturated rings. The minimum absolute atomic E-state index is 0. The van der Waals surface area contributed by atoms with E-state index in [1.807, 2.05) is 0 Å². The third-order valence-corrected chi connectivity index (χ3v) is 3.44. The molecule has 5 nitrogen and oxygen atoms in total. The fourth-order valence-corrected chi connectivity index (χ4v) is 2.53. The molecule has 1 N–H and O–H groups in total. The van der Waals surface area contributed by atoms with Gasteiger partial charge in [-0.2, -0.15) is 8.42 Å². The van der Waals surface area contributed by atoms with Gasteiger partial charge in [-0.3, -0.25) is 4.55 Å². The van der Waals surface area contributed by atoms with Gasteiger partial charge in [0.05, 0.1) is 0 Å². The van der Waals surface area contributed by atoms with Crippen LogP contribution in [0.15, 0.2) is 17.0 Å². The Kier molecular flexibility index (Phi) is 3.53. The van der Waals surface area contributed by atoms with E-state index in [9.17, 15) is 8.42 Å². The number of diazo groups is 1. The van der Waals surface area contributed by atoms with E-state index < -0.39 is 10.1 Å². The zero-order valence-corrected chi connectivity index (χ0v) is 9.79. The predicted octanol–water partition coefficient (Wildman–Crippen LogP) is -1.09. The standard InChI is InChI=1S/C9H8N2O3S.ClH/c10-11-8-4-6-2-1-3-7(6)5-9(8)15(12,13)14;/h4-5H,1-3H2;1H. The maximum absolute atomic E-state index is 11.0. The third kappa shape index (κ3) is 2.16. The van der Waals surface area contributed by atoms with Crippen molar-refractivity contribution >= 4 is 15.8 Å². The highest BCUT2D eigenvalue weighted by molar-refractivity contribution is 7.86. The fraction of sp³-hybridized carbons (Fsp3) is 0.333. The van der Waals surface area contributed by atoms with Crippen LogP contribution in [0.2, 0.25) is 0 Å². The highest BCUT2D eigenvalue weighted by Crippen LogP contribution is 2.32. The molecule has 0 saturated carbocycles. The Balaban J connectivity index is 0.00000128. The number of halogens is 1. The van der Waals surface area contributed by atoms with Crippen LogP contribution in [0.5, 0.6) is 0 Å². The molecule has 0 heterocycles. The molecule has 1 aromatic rings. The zero-order valence-electron chi connectivity index (χ0n) is 8.22. The molecule has 16 heavy (non-hydrogen) atoms. The van der Waals surface area contributed by atoms with E-state index in [0.717, 1.165) is 30.4 Å². The summed E-state index contributed by atoms with van der Waals surface area (Å²) in [5.74, 6) is 0. The fourth-order valence-electron chi connectivity index (χ4n) is 1.87. The molecule has 0 aliphatic heterocycles. The summed E-state index contributed by atoms with van der Waals surface area (Å²) in [5.41, 5.74) is 1.78. The van der Waals surface area contributed by atoms with Gasteiger partial charge in [0.25, 0.3) is 0 Å². The predicted molar refractivity (Wildman–Crippen MR) is 53.0 cm³/mol. The van der Waals surface area contributed by atoms with Gasteiger partial charge in [-0.05, 0) is 36.5 Å². The van der Waals surface area contributed by atoms with E-state index >= 15 is 0 Å². The monoisotopic (exact) mass is 260 g/mol. The molecule has 1 aliphatic rings. The molecule has 86 valence electrons. The van der Waals surface area contributed by atoms with Crippen molar-refractivity contribution in [2.24, 2.45) is 0 Å². The molecule has 0 saturated heterocycles. The first-order valence-electron chi connectivity index (χ1n) is 4.51. The first-order valence-corrected chi connectivity index (χ1v) is 5.95. The Morgan fingerprint density at radius 3 is 2.31 bits per heavy atom. The van der Waals surface area contributed by atoms with E-state index in [0.29, 0.717) is 0 Å². The van der Waals surface area contributed by atoms with E-state index in [4.69, 9.17) is 9.95 Å². The van der Waals surface area contributed by atoms with E-state index in [1.165, 1.54) is 12.1 Å². The Labute approximate surface area is 99.3 Å². The van der Waals surface area contributed by atoms with Crippen molar-refractivity contribution in [1.29, 1.82) is 5.39 Å². The molecule has 0 radical (unpaired) electrons. The van der Waals surface area contributed by atoms with Gasteiger partial charge in [0.15, 0.2) is 9.87 Å². The Morgan fingerprint density at radius 2 is 1.81 bits per heavy atom. The smallest absolute Gasteiger partial charge is 0.406 e. The third-order valence-electron chi connectivity index (χ3n) is 2.56. The van der Waals surface area contributed by atoms with Crippen LogP contribution in [0, 0.1) is 5.39 Å². The normalized spacial score (nSPS) is 13.8. The minimum atomic E-state index is -4.32. The Morgan fingerprint density at radius 1 is 1.25 bits per heavy atom. The van der Waals surface area contributed by atoms with Crippen molar-refractivity contribution in [2.45, 2.75) is 24.2 Å². The quantitative estimate of drug-likeness (QED) is 0.514.